The maximum absolute atomic E-state index is 12.7. The number of ether oxygens (including phenoxy) is 2. The smallest absolute Gasteiger partial charge is 0.342 e. The lowest BCUT2D eigenvalue weighted by molar-refractivity contribution is 0.0469. The number of benzene rings is 3. The summed E-state index contributed by atoms with van der Waals surface area (Å²) in [6.45, 7) is 0.0271. The maximum Gasteiger partial charge on any atom is 0.342 e. The average molecular weight is 453 g/mol. The molecule has 3 aromatic carbocycles. The average Bonchev–Trinajstić information content (AvgIpc) is 3.23. The van der Waals surface area contributed by atoms with Crippen molar-refractivity contribution in [3.8, 4) is 22.7 Å². The molecule has 4 rings (SSSR count). The Hall–Kier alpha value is -3.28. The van der Waals surface area contributed by atoms with Crippen molar-refractivity contribution in [3.05, 3.63) is 100 Å². The molecule has 0 aliphatic heterocycles. The van der Waals surface area contributed by atoms with Crippen LogP contribution < -0.4 is 4.74 Å². The molecule has 0 bridgehead atoms. The topological polar surface area (TPSA) is 53.4 Å². The third kappa shape index (κ3) is 4.74. The summed E-state index contributed by atoms with van der Waals surface area (Å²) in [4.78, 5) is 12.7. The van der Waals surface area contributed by atoms with Crippen LogP contribution in [0.1, 0.15) is 15.9 Å². The zero-order valence-electron chi connectivity index (χ0n) is 16.6. The number of carbonyl (C=O) groups excluding carboxylic acids is 1. The SMILES string of the molecule is COc1ccc(Cl)cc1C(=O)OCc1cn(-c2ccccc2)nc1-c1ccc(Cl)cc1. The molecular weight excluding hydrogens is 435 g/mol. The number of hydrogen-bond donors (Lipinski definition) is 0. The number of nitrogens with zero attached hydrogens (tertiary/aromatic N) is 2. The minimum atomic E-state index is -0.533. The van der Waals surface area contributed by atoms with Crippen LogP contribution in [-0.4, -0.2) is 22.9 Å². The molecule has 4 aromatic rings. The highest BCUT2D eigenvalue weighted by molar-refractivity contribution is 6.31. The van der Waals surface area contributed by atoms with E-state index in [2.05, 4.69) is 0 Å². The second-order valence-corrected chi connectivity index (χ2v) is 7.58. The summed E-state index contributed by atoms with van der Waals surface area (Å²) < 4.78 is 12.6. The van der Waals surface area contributed by atoms with E-state index in [0.717, 1.165) is 16.8 Å². The number of halogens is 2. The van der Waals surface area contributed by atoms with E-state index in [0.29, 0.717) is 21.5 Å². The normalized spacial score (nSPS) is 10.7. The fraction of sp³-hybridized carbons (Fsp3) is 0.0833. The monoisotopic (exact) mass is 452 g/mol. The lowest BCUT2D eigenvalue weighted by Gasteiger charge is -2.09. The molecule has 0 saturated carbocycles. The van der Waals surface area contributed by atoms with E-state index in [9.17, 15) is 4.79 Å². The number of rotatable bonds is 6. The van der Waals surface area contributed by atoms with Crippen LogP contribution in [0.5, 0.6) is 5.75 Å². The van der Waals surface area contributed by atoms with E-state index in [1.54, 1.807) is 28.9 Å². The Kier molecular flexibility index (Phi) is 6.26. The van der Waals surface area contributed by atoms with Crippen molar-refractivity contribution in [1.29, 1.82) is 0 Å². The summed E-state index contributed by atoms with van der Waals surface area (Å²) in [5.74, 6) is -0.138. The molecule has 0 aliphatic rings. The summed E-state index contributed by atoms with van der Waals surface area (Å²) >= 11 is 12.1. The van der Waals surface area contributed by atoms with E-state index in [4.69, 9.17) is 37.8 Å². The van der Waals surface area contributed by atoms with Crippen LogP contribution in [0.3, 0.4) is 0 Å². The van der Waals surface area contributed by atoms with Crippen LogP contribution in [0.2, 0.25) is 10.0 Å². The molecule has 156 valence electrons. The van der Waals surface area contributed by atoms with Crippen LogP contribution in [0.25, 0.3) is 16.9 Å². The van der Waals surface area contributed by atoms with Gasteiger partial charge in [0.15, 0.2) is 0 Å². The quantitative estimate of drug-likeness (QED) is 0.326. The molecule has 0 spiro atoms. The van der Waals surface area contributed by atoms with Gasteiger partial charge in [0, 0.05) is 27.4 Å². The molecule has 0 atom stereocenters. The summed E-state index contributed by atoms with van der Waals surface area (Å²) in [6, 6.07) is 21.9. The Balaban J connectivity index is 1.65. The van der Waals surface area contributed by atoms with Gasteiger partial charge < -0.3 is 9.47 Å². The minimum absolute atomic E-state index is 0.0271. The van der Waals surface area contributed by atoms with Gasteiger partial charge in [-0.15, -0.1) is 0 Å². The molecule has 5 nitrogen and oxygen atoms in total. The van der Waals surface area contributed by atoms with Crippen molar-refractivity contribution in [1.82, 2.24) is 9.78 Å². The van der Waals surface area contributed by atoms with Gasteiger partial charge in [0.2, 0.25) is 0 Å². The Morgan fingerprint density at radius 3 is 2.39 bits per heavy atom. The minimum Gasteiger partial charge on any atom is -0.496 e. The van der Waals surface area contributed by atoms with Crippen LogP contribution in [-0.2, 0) is 11.3 Å². The van der Waals surface area contributed by atoms with Gasteiger partial charge in [0.05, 0.1) is 18.5 Å². The van der Waals surface area contributed by atoms with Crippen LogP contribution in [0.15, 0.2) is 79.0 Å². The first-order valence-electron chi connectivity index (χ1n) is 9.45. The molecule has 0 saturated heterocycles. The Morgan fingerprint density at radius 1 is 0.968 bits per heavy atom. The summed E-state index contributed by atoms with van der Waals surface area (Å²) in [5, 5.41) is 5.77. The molecule has 0 N–H and O–H groups in total. The van der Waals surface area contributed by atoms with Crippen LogP contribution in [0, 0.1) is 0 Å². The maximum atomic E-state index is 12.7. The van der Waals surface area contributed by atoms with Gasteiger partial charge in [-0.1, -0.05) is 53.5 Å². The van der Waals surface area contributed by atoms with E-state index < -0.39 is 5.97 Å². The Bertz CT molecular complexity index is 1210. The van der Waals surface area contributed by atoms with Crippen LogP contribution >= 0.6 is 23.2 Å². The number of hydrogen-bond acceptors (Lipinski definition) is 4. The van der Waals surface area contributed by atoms with Crippen molar-refractivity contribution in [2.24, 2.45) is 0 Å². The molecule has 0 unspecified atom stereocenters. The lowest BCUT2D eigenvalue weighted by atomic mass is 10.1. The molecule has 0 amide bonds. The Labute approximate surface area is 189 Å². The number of para-hydroxylation sites is 1. The van der Waals surface area contributed by atoms with Gasteiger partial charge >= 0.3 is 5.97 Å². The Morgan fingerprint density at radius 2 is 1.68 bits per heavy atom. The third-order valence-electron chi connectivity index (χ3n) is 4.67. The van der Waals surface area contributed by atoms with Crippen molar-refractivity contribution in [3.63, 3.8) is 0 Å². The standard InChI is InChI=1S/C24H18Cl2N2O3/c1-30-22-12-11-19(26)13-21(22)24(29)31-15-17-14-28(20-5-3-2-4-6-20)27-23(17)16-7-9-18(25)10-8-16/h2-14H,15H2,1H3. The zero-order chi connectivity index (χ0) is 21.8. The highest BCUT2D eigenvalue weighted by atomic mass is 35.5. The first-order chi connectivity index (χ1) is 15.0. The number of esters is 1. The van der Waals surface area contributed by atoms with Gasteiger partial charge in [0.25, 0.3) is 0 Å². The first-order valence-corrected chi connectivity index (χ1v) is 10.2. The van der Waals surface area contributed by atoms with E-state index in [-0.39, 0.29) is 12.2 Å². The second kappa shape index (κ2) is 9.25. The largest absolute Gasteiger partial charge is 0.496 e. The predicted molar refractivity (Wildman–Crippen MR) is 121 cm³/mol. The first kappa shape index (κ1) is 21.0. The van der Waals surface area contributed by atoms with E-state index in [1.807, 2.05) is 48.7 Å². The van der Waals surface area contributed by atoms with Crippen molar-refractivity contribution < 1.29 is 14.3 Å². The molecule has 31 heavy (non-hydrogen) atoms. The second-order valence-electron chi connectivity index (χ2n) is 6.71. The van der Waals surface area contributed by atoms with Gasteiger partial charge in [-0.2, -0.15) is 5.10 Å². The summed E-state index contributed by atoms with van der Waals surface area (Å²) in [6.07, 6.45) is 1.85. The van der Waals surface area contributed by atoms with Crippen molar-refractivity contribution in [2.45, 2.75) is 6.61 Å². The molecule has 1 aromatic heterocycles. The zero-order valence-corrected chi connectivity index (χ0v) is 18.1. The van der Waals surface area contributed by atoms with Crippen molar-refractivity contribution >= 4 is 29.2 Å². The predicted octanol–water partition coefficient (Wildman–Crippen LogP) is 6.21. The fourth-order valence-corrected chi connectivity index (χ4v) is 3.44. The number of carbonyl (C=O) groups is 1. The fourth-order valence-electron chi connectivity index (χ4n) is 3.14. The lowest BCUT2D eigenvalue weighted by Crippen LogP contribution is -2.07. The highest BCUT2D eigenvalue weighted by Gasteiger charge is 2.18. The number of methoxy groups -OCH3 is 1. The molecule has 0 fully saturated rings. The van der Waals surface area contributed by atoms with Crippen molar-refractivity contribution in [2.75, 3.05) is 7.11 Å². The van der Waals surface area contributed by atoms with Gasteiger partial charge in [-0.05, 0) is 42.5 Å². The molecule has 0 radical (unpaired) electrons. The number of aromatic nitrogens is 2. The molecular formula is C24H18Cl2N2O3. The highest BCUT2D eigenvalue weighted by Crippen LogP contribution is 2.27. The van der Waals surface area contributed by atoms with Gasteiger partial charge in [-0.25, -0.2) is 9.48 Å². The van der Waals surface area contributed by atoms with Crippen LogP contribution in [0.4, 0.5) is 0 Å². The van der Waals surface area contributed by atoms with Gasteiger partial charge in [0.1, 0.15) is 17.9 Å². The molecule has 0 aliphatic carbocycles. The van der Waals surface area contributed by atoms with E-state index in [1.165, 1.54) is 13.2 Å². The van der Waals surface area contributed by atoms with Gasteiger partial charge in [-0.3, -0.25) is 0 Å². The molecule has 7 heteroatoms. The summed E-state index contributed by atoms with van der Waals surface area (Å²) in [7, 11) is 1.49. The summed E-state index contributed by atoms with van der Waals surface area (Å²) in [5.41, 5.74) is 3.47. The third-order valence-corrected chi connectivity index (χ3v) is 5.16. The van der Waals surface area contributed by atoms with E-state index >= 15 is 0 Å². The molecule has 1 heterocycles.